The average molecular weight is 367 g/mol. The minimum Gasteiger partial charge on any atom is -0.354 e. The molecule has 2 aromatic rings. The van der Waals surface area contributed by atoms with Crippen molar-refractivity contribution < 1.29 is 27.6 Å². The molecule has 1 aromatic heterocycles. The molecule has 0 spiro atoms. The van der Waals surface area contributed by atoms with Gasteiger partial charge in [0.25, 0.3) is 5.91 Å². The summed E-state index contributed by atoms with van der Waals surface area (Å²) < 4.78 is 39.5. The number of carbonyl (C=O) groups is 3. The van der Waals surface area contributed by atoms with Crippen LogP contribution in [0.4, 0.5) is 18.9 Å². The van der Waals surface area contributed by atoms with Gasteiger partial charge in [0, 0.05) is 11.3 Å². The highest BCUT2D eigenvalue weighted by atomic mass is 19.2. The number of hydrogen-bond donors (Lipinski definition) is 3. The summed E-state index contributed by atoms with van der Waals surface area (Å²) in [6, 6.07) is 1.53. The molecular weight excluding hydrogens is 351 g/mol. The molecule has 3 N–H and O–H groups in total. The average Bonchev–Trinajstić information content (AvgIpc) is 2.88. The molecule has 0 saturated heterocycles. The fraction of sp³-hybridized carbons (Fsp3) is 0.235. The second kappa shape index (κ2) is 7.42. The minimum atomic E-state index is -1.71. The van der Waals surface area contributed by atoms with E-state index in [2.05, 4.69) is 10.3 Å². The first-order chi connectivity index (χ1) is 12.1. The van der Waals surface area contributed by atoms with E-state index < -0.39 is 41.5 Å². The molecule has 0 aliphatic heterocycles. The first kappa shape index (κ1) is 19.2. The fourth-order valence-corrected chi connectivity index (χ4v) is 2.57. The Labute approximate surface area is 146 Å². The van der Waals surface area contributed by atoms with Gasteiger partial charge in [-0.2, -0.15) is 0 Å². The number of amides is 2. The van der Waals surface area contributed by atoms with E-state index in [1.807, 2.05) is 5.32 Å². The van der Waals surface area contributed by atoms with E-state index in [9.17, 15) is 27.6 Å². The summed E-state index contributed by atoms with van der Waals surface area (Å²) in [5, 5.41) is 4.34. The Morgan fingerprint density at radius 3 is 2.31 bits per heavy atom. The highest BCUT2D eigenvalue weighted by Gasteiger charge is 2.20. The third-order valence-corrected chi connectivity index (χ3v) is 3.74. The van der Waals surface area contributed by atoms with Gasteiger partial charge < -0.3 is 15.6 Å². The molecule has 0 bridgehead atoms. The van der Waals surface area contributed by atoms with Crippen LogP contribution in [0, 0.1) is 31.3 Å². The van der Waals surface area contributed by atoms with Crippen LogP contribution in [0.3, 0.4) is 0 Å². The molecular formula is C17H16F3N3O3. The van der Waals surface area contributed by atoms with Gasteiger partial charge in [-0.15, -0.1) is 0 Å². The molecule has 0 aliphatic rings. The van der Waals surface area contributed by atoms with Gasteiger partial charge in [0.1, 0.15) is 5.69 Å². The maximum atomic E-state index is 13.5. The number of benzene rings is 1. The van der Waals surface area contributed by atoms with Crippen molar-refractivity contribution in [1.29, 1.82) is 0 Å². The number of Topliss-reactive ketones (excluding diaryl/α,β-unsaturated/α-hetero) is 1. The van der Waals surface area contributed by atoms with Gasteiger partial charge in [0.2, 0.25) is 5.91 Å². The largest absolute Gasteiger partial charge is 0.354 e. The predicted molar refractivity (Wildman–Crippen MR) is 87.6 cm³/mol. The van der Waals surface area contributed by atoms with Crippen molar-refractivity contribution in [2.45, 2.75) is 20.8 Å². The number of aromatic nitrogens is 1. The summed E-state index contributed by atoms with van der Waals surface area (Å²) >= 11 is 0. The van der Waals surface area contributed by atoms with Crippen molar-refractivity contribution in [2.24, 2.45) is 0 Å². The van der Waals surface area contributed by atoms with Crippen LogP contribution in [0.25, 0.3) is 0 Å². The van der Waals surface area contributed by atoms with Crippen LogP contribution in [0.15, 0.2) is 12.1 Å². The van der Waals surface area contributed by atoms with E-state index in [0.717, 1.165) is 6.07 Å². The van der Waals surface area contributed by atoms with Gasteiger partial charge in [0.05, 0.1) is 12.2 Å². The monoisotopic (exact) mass is 367 g/mol. The molecule has 1 aromatic carbocycles. The van der Waals surface area contributed by atoms with E-state index >= 15 is 0 Å². The van der Waals surface area contributed by atoms with Crippen molar-refractivity contribution in [2.75, 3.05) is 11.9 Å². The highest BCUT2D eigenvalue weighted by Crippen LogP contribution is 2.20. The lowest BCUT2D eigenvalue weighted by Crippen LogP contribution is -2.33. The van der Waals surface area contributed by atoms with Crippen molar-refractivity contribution in [3.05, 3.63) is 52.1 Å². The van der Waals surface area contributed by atoms with Crippen LogP contribution in [-0.2, 0) is 4.79 Å². The Morgan fingerprint density at radius 2 is 1.73 bits per heavy atom. The maximum absolute atomic E-state index is 13.5. The first-order valence-electron chi connectivity index (χ1n) is 7.55. The number of aryl methyl sites for hydroxylation is 1. The molecule has 138 valence electrons. The number of hydrogen-bond acceptors (Lipinski definition) is 3. The molecule has 6 nitrogen and oxygen atoms in total. The van der Waals surface area contributed by atoms with Gasteiger partial charge in [-0.1, -0.05) is 0 Å². The normalized spacial score (nSPS) is 10.5. The second-order valence-corrected chi connectivity index (χ2v) is 5.63. The second-order valence-electron chi connectivity index (χ2n) is 5.63. The number of carbonyl (C=O) groups excluding carboxylic acids is 3. The van der Waals surface area contributed by atoms with Crippen molar-refractivity contribution >= 4 is 23.3 Å². The number of rotatable bonds is 5. The van der Waals surface area contributed by atoms with E-state index in [1.54, 1.807) is 13.8 Å². The summed E-state index contributed by atoms with van der Waals surface area (Å²) in [7, 11) is 0. The predicted octanol–water partition coefficient (Wildman–Crippen LogP) is 2.62. The number of halogens is 3. The molecule has 2 rings (SSSR count). The van der Waals surface area contributed by atoms with Crippen LogP contribution in [-0.4, -0.2) is 29.1 Å². The lowest BCUT2D eigenvalue weighted by Gasteiger charge is -2.08. The lowest BCUT2D eigenvalue weighted by molar-refractivity contribution is -0.115. The zero-order chi connectivity index (χ0) is 19.6. The molecule has 2 amide bonds. The van der Waals surface area contributed by atoms with Gasteiger partial charge in [-0.25, -0.2) is 13.2 Å². The summed E-state index contributed by atoms with van der Waals surface area (Å²) in [6.07, 6.45) is 0. The number of anilines is 1. The Morgan fingerprint density at radius 1 is 1.08 bits per heavy atom. The fourth-order valence-electron chi connectivity index (χ4n) is 2.57. The molecule has 0 saturated carbocycles. The number of aromatic amines is 1. The van der Waals surface area contributed by atoms with Crippen LogP contribution in [0.5, 0.6) is 0 Å². The summed E-state index contributed by atoms with van der Waals surface area (Å²) in [4.78, 5) is 38.3. The molecule has 26 heavy (non-hydrogen) atoms. The quantitative estimate of drug-likeness (QED) is 0.560. The van der Waals surface area contributed by atoms with Gasteiger partial charge >= 0.3 is 0 Å². The summed E-state index contributed by atoms with van der Waals surface area (Å²) in [6.45, 7) is 4.06. The molecule has 0 aliphatic carbocycles. The van der Waals surface area contributed by atoms with Crippen LogP contribution < -0.4 is 10.6 Å². The molecule has 0 atom stereocenters. The van der Waals surface area contributed by atoms with E-state index in [-0.39, 0.29) is 11.5 Å². The van der Waals surface area contributed by atoms with Crippen LogP contribution in [0.1, 0.15) is 39.0 Å². The Kier molecular flexibility index (Phi) is 5.49. The molecule has 9 heteroatoms. The Balaban J connectivity index is 2.04. The van der Waals surface area contributed by atoms with E-state index in [0.29, 0.717) is 22.9 Å². The van der Waals surface area contributed by atoms with Crippen molar-refractivity contribution in [3.63, 3.8) is 0 Å². The Bertz CT molecular complexity index is 906. The van der Waals surface area contributed by atoms with Crippen LogP contribution in [0.2, 0.25) is 0 Å². The third kappa shape index (κ3) is 3.76. The van der Waals surface area contributed by atoms with Crippen LogP contribution >= 0.6 is 0 Å². The van der Waals surface area contributed by atoms with E-state index in [4.69, 9.17) is 0 Å². The highest BCUT2D eigenvalue weighted by molar-refractivity contribution is 6.03. The molecule has 0 radical (unpaired) electrons. The molecule has 1 heterocycles. The number of ketones is 1. The lowest BCUT2D eigenvalue weighted by atomic mass is 10.1. The number of nitrogens with one attached hydrogen (secondary N) is 3. The first-order valence-corrected chi connectivity index (χ1v) is 7.55. The molecule has 0 unspecified atom stereocenters. The van der Waals surface area contributed by atoms with E-state index in [1.165, 1.54) is 6.92 Å². The molecule has 0 fully saturated rings. The minimum absolute atomic E-state index is 0.125. The smallest absolute Gasteiger partial charge is 0.268 e. The topological polar surface area (TPSA) is 91.1 Å². The zero-order valence-electron chi connectivity index (χ0n) is 14.2. The van der Waals surface area contributed by atoms with Crippen molar-refractivity contribution in [3.8, 4) is 0 Å². The zero-order valence-corrected chi connectivity index (χ0v) is 14.2. The Hall–Kier alpha value is -3.10. The van der Waals surface area contributed by atoms with Gasteiger partial charge in [-0.3, -0.25) is 14.4 Å². The summed E-state index contributed by atoms with van der Waals surface area (Å²) in [5.41, 5.74) is 0.935. The maximum Gasteiger partial charge on any atom is 0.268 e. The standard InChI is InChI=1S/C17H16F3N3O3/c1-7-13(9(3)24)8(2)22-16(7)17(26)21-6-12(25)23-11-5-4-10(18)14(19)15(11)20/h4-5,22H,6H2,1-3H3,(H,21,26)(H,23,25). The van der Waals surface area contributed by atoms with Gasteiger partial charge in [-0.05, 0) is 38.5 Å². The number of H-pyrrole nitrogens is 1. The van der Waals surface area contributed by atoms with Gasteiger partial charge in [0.15, 0.2) is 23.2 Å². The van der Waals surface area contributed by atoms with Crippen molar-refractivity contribution in [1.82, 2.24) is 10.3 Å². The SMILES string of the molecule is CC(=O)c1c(C)[nH]c(C(=O)NCC(=O)Nc2ccc(F)c(F)c2F)c1C. The third-order valence-electron chi connectivity index (χ3n) is 3.74. The summed E-state index contributed by atoms with van der Waals surface area (Å²) in [5.74, 6) is -6.31.